The minimum Gasteiger partial charge on any atom is -0.314 e. The number of fused-ring (bicyclic) bond motifs is 1. The van der Waals surface area contributed by atoms with Crippen molar-refractivity contribution in [3.63, 3.8) is 0 Å². The number of methoxy groups -OCH3 is 3. The van der Waals surface area contributed by atoms with Crippen molar-refractivity contribution in [2.75, 3.05) is 21.3 Å². The lowest BCUT2D eigenvalue weighted by molar-refractivity contribution is -0.414. The van der Waals surface area contributed by atoms with E-state index in [1.165, 1.54) is 21.3 Å². The quantitative estimate of drug-likeness (QED) is 0.525. The molecule has 9 heteroatoms. The summed E-state index contributed by atoms with van der Waals surface area (Å²) in [6.07, 6.45) is -2.87. The monoisotopic (exact) mass is 246 g/mol. The van der Waals surface area contributed by atoms with Crippen molar-refractivity contribution < 1.29 is 23.8 Å². The van der Waals surface area contributed by atoms with E-state index in [1.807, 2.05) is 0 Å². The normalized spacial score (nSPS) is 27.6. The Morgan fingerprint density at radius 1 is 1.06 bits per heavy atom. The van der Waals surface area contributed by atoms with E-state index >= 15 is 0 Å². The molecule has 0 bridgehead atoms. The molecule has 0 saturated carbocycles. The van der Waals surface area contributed by atoms with Gasteiger partial charge in [0.05, 0.1) is 0 Å². The Bertz CT molecular complexity index is 337. The summed E-state index contributed by atoms with van der Waals surface area (Å²) in [5.41, 5.74) is 0. The third kappa shape index (κ3) is 1.59. The standard InChI is InChI=1S/C8H14N4O5/c1-15-8(16-2,17-3)12-5-4(10-7(12)14)9-6(13)11-5/h4-5H,1-3H3,(H,10,14)(H2,9,11,13). The lowest BCUT2D eigenvalue weighted by Crippen LogP contribution is -2.60. The Hall–Kier alpha value is -1.58. The molecule has 0 aliphatic carbocycles. The summed E-state index contributed by atoms with van der Waals surface area (Å²) in [4.78, 5) is 24.1. The molecule has 0 aromatic rings. The van der Waals surface area contributed by atoms with E-state index in [1.54, 1.807) is 0 Å². The van der Waals surface area contributed by atoms with E-state index in [2.05, 4.69) is 16.0 Å². The van der Waals surface area contributed by atoms with Gasteiger partial charge in [0.2, 0.25) is 0 Å². The fourth-order valence-electron chi connectivity index (χ4n) is 1.98. The number of rotatable bonds is 4. The predicted octanol–water partition coefficient (Wildman–Crippen LogP) is -1.47. The van der Waals surface area contributed by atoms with Crippen molar-refractivity contribution >= 4 is 12.1 Å². The molecule has 2 rings (SSSR count). The third-order valence-electron chi connectivity index (χ3n) is 2.73. The van der Waals surface area contributed by atoms with Gasteiger partial charge in [0, 0.05) is 21.3 Å². The van der Waals surface area contributed by atoms with Crippen LogP contribution in [0.4, 0.5) is 9.59 Å². The molecule has 17 heavy (non-hydrogen) atoms. The number of hydrogen-bond acceptors (Lipinski definition) is 5. The summed E-state index contributed by atoms with van der Waals surface area (Å²) in [5, 5.41) is 7.64. The zero-order chi connectivity index (χ0) is 12.6. The van der Waals surface area contributed by atoms with Gasteiger partial charge in [-0.1, -0.05) is 0 Å². The molecule has 0 spiro atoms. The summed E-state index contributed by atoms with van der Waals surface area (Å²) in [6.45, 7) is 0. The molecule has 0 radical (unpaired) electrons. The molecule has 2 aliphatic rings. The second kappa shape index (κ2) is 4.02. The average Bonchev–Trinajstić information content (AvgIpc) is 2.79. The van der Waals surface area contributed by atoms with Crippen LogP contribution in [-0.2, 0) is 14.2 Å². The summed E-state index contributed by atoms with van der Waals surface area (Å²) in [6, 6.07) is -0.861. The van der Waals surface area contributed by atoms with Gasteiger partial charge in [0.15, 0.2) is 6.17 Å². The van der Waals surface area contributed by atoms with Crippen molar-refractivity contribution in [3.8, 4) is 0 Å². The van der Waals surface area contributed by atoms with Gasteiger partial charge in [0.1, 0.15) is 6.17 Å². The minimum absolute atomic E-state index is 0.387. The zero-order valence-electron chi connectivity index (χ0n) is 9.64. The molecular weight excluding hydrogens is 232 g/mol. The molecule has 2 heterocycles. The second-order valence-electron chi connectivity index (χ2n) is 3.50. The molecule has 2 aliphatic heterocycles. The molecule has 9 nitrogen and oxygen atoms in total. The maximum Gasteiger partial charge on any atom is 0.381 e. The van der Waals surface area contributed by atoms with Crippen LogP contribution in [0.1, 0.15) is 0 Å². The number of hydrogen-bond donors (Lipinski definition) is 3. The highest BCUT2D eigenvalue weighted by molar-refractivity contribution is 5.85. The number of amides is 4. The highest BCUT2D eigenvalue weighted by Gasteiger charge is 2.56. The van der Waals surface area contributed by atoms with E-state index in [9.17, 15) is 9.59 Å². The summed E-state index contributed by atoms with van der Waals surface area (Å²) < 4.78 is 15.2. The molecule has 2 unspecified atom stereocenters. The number of nitrogens with one attached hydrogen (secondary N) is 3. The van der Waals surface area contributed by atoms with Crippen LogP contribution in [0.15, 0.2) is 0 Å². The van der Waals surface area contributed by atoms with Gasteiger partial charge in [-0.15, -0.1) is 0 Å². The molecule has 2 fully saturated rings. The Balaban J connectivity index is 2.29. The van der Waals surface area contributed by atoms with Gasteiger partial charge in [-0.3, -0.25) is 0 Å². The van der Waals surface area contributed by atoms with Crippen molar-refractivity contribution in [3.05, 3.63) is 0 Å². The van der Waals surface area contributed by atoms with Gasteiger partial charge in [0.25, 0.3) is 0 Å². The maximum atomic E-state index is 11.8. The van der Waals surface area contributed by atoms with Crippen molar-refractivity contribution in [2.24, 2.45) is 0 Å². The summed E-state index contributed by atoms with van der Waals surface area (Å²) in [7, 11) is 3.99. The highest BCUT2D eigenvalue weighted by Crippen LogP contribution is 2.26. The number of ether oxygens (including phenoxy) is 3. The third-order valence-corrected chi connectivity index (χ3v) is 2.73. The number of nitrogens with zero attached hydrogens (tertiary/aromatic N) is 1. The van der Waals surface area contributed by atoms with Crippen LogP contribution in [0, 0.1) is 0 Å². The SMILES string of the molecule is COC(OC)(OC)N1C(=O)NC2NC(=O)NC21. The van der Waals surface area contributed by atoms with Gasteiger partial charge >= 0.3 is 18.2 Å². The fourth-order valence-corrected chi connectivity index (χ4v) is 1.98. The summed E-state index contributed by atoms with van der Waals surface area (Å²) in [5.74, 6) is 0. The maximum absolute atomic E-state index is 11.8. The van der Waals surface area contributed by atoms with Crippen LogP contribution < -0.4 is 16.0 Å². The molecule has 2 atom stereocenters. The smallest absolute Gasteiger partial charge is 0.314 e. The average molecular weight is 246 g/mol. The number of urea groups is 2. The minimum atomic E-state index is -1.68. The summed E-state index contributed by atoms with van der Waals surface area (Å²) >= 11 is 0. The van der Waals surface area contributed by atoms with Crippen LogP contribution in [0.3, 0.4) is 0 Å². The van der Waals surface area contributed by atoms with E-state index in [0.29, 0.717) is 0 Å². The first kappa shape index (κ1) is 11.9. The fraction of sp³-hybridized carbons (Fsp3) is 0.750. The van der Waals surface area contributed by atoms with Crippen molar-refractivity contribution in [1.29, 1.82) is 0 Å². The number of carbonyl (C=O) groups excluding carboxylic acids is 2. The predicted molar refractivity (Wildman–Crippen MR) is 53.4 cm³/mol. The van der Waals surface area contributed by atoms with Crippen molar-refractivity contribution in [2.45, 2.75) is 18.4 Å². The van der Waals surface area contributed by atoms with Crippen LogP contribution in [0.2, 0.25) is 0 Å². The first-order valence-corrected chi connectivity index (χ1v) is 4.90. The van der Waals surface area contributed by atoms with Gasteiger partial charge in [-0.2, -0.15) is 0 Å². The van der Waals surface area contributed by atoms with Gasteiger partial charge in [-0.25, -0.2) is 14.5 Å². The first-order chi connectivity index (χ1) is 8.07. The second-order valence-corrected chi connectivity index (χ2v) is 3.50. The zero-order valence-corrected chi connectivity index (χ0v) is 9.64. The molecule has 4 amide bonds. The van der Waals surface area contributed by atoms with E-state index in [-0.39, 0.29) is 6.03 Å². The van der Waals surface area contributed by atoms with E-state index in [0.717, 1.165) is 4.90 Å². The van der Waals surface area contributed by atoms with Crippen LogP contribution >= 0.6 is 0 Å². The molecule has 2 saturated heterocycles. The Morgan fingerprint density at radius 3 is 2.18 bits per heavy atom. The van der Waals surface area contributed by atoms with Crippen molar-refractivity contribution in [1.82, 2.24) is 20.9 Å². The Morgan fingerprint density at radius 2 is 1.65 bits per heavy atom. The Kier molecular flexibility index (Phi) is 2.81. The Labute approximate surface area is 97.4 Å². The van der Waals surface area contributed by atoms with Crippen LogP contribution in [0.5, 0.6) is 0 Å². The number of carbonyl (C=O) groups is 2. The molecular formula is C8H14N4O5. The molecule has 96 valence electrons. The largest absolute Gasteiger partial charge is 0.381 e. The molecule has 0 aromatic carbocycles. The van der Waals surface area contributed by atoms with E-state index in [4.69, 9.17) is 14.2 Å². The molecule has 3 N–H and O–H groups in total. The first-order valence-electron chi connectivity index (χ1n) is 4.90. The van der Waals surface area contributed by atoms with Gasteiger partial charge < -0.3 is 30.2 Å². The lowest BCUT2D eigenvalue weighted by Gasteiger charge is -2.37. The van der Waals surface area contributed by atoms with Crippen LogP contribution in [0.25, 0.3) is 0 Å². The van der Waals surface area contributed by atoms with Crippen LogP contribution in [-0.4, -0.2) is 56.7 Å². The van der Waals surface area contributed by atoms with Gasteiger partial charge in [-0.05, 0) is 0 Å². The highest BCUT2D eigenvalue weighted by atomic mass is 16.9. The molecule has 0 aromatic heterocycles. The van der Waals surface area contributed by atoms with E-state index < -0.39 is 24.5 Å². The lowest BCUT2D eigenvalue weighted by atomic mass is 10.4. The topological polar surface area (TPSA) is 101 Å².